The van der Waals surface area contributed by atoms with Crippen LogP contribution in [0.3, 0.4) is 0 Å². The largest absolute Gasteiger partial charge is 0.477 e. The summed E-state index contributed by atoms with van der Waals surface area (Å²) in [7, 11) is 0. The Morgan fingerprint density at radius 2 is 2.21 bits per heavy atom. The third-order valence-corrected chi connectivity index (χ3v) is 2.48. The first-order chi connectivity index (χ1) is 6.68. The van der Waals surface area contributed by atoms with Gasteiger partial charge in [0.05, 0.1) is 6.42 Å². The fraction of sp³-hybridized carbons (Fsp3) is 0.273. The van der Waals surface area contributed by atoms with E-state index in [1.54, 1.807) is 0 Å². The number of benzene rings is 1. The van der Waals surface area contributed by atoms with Gasteiger partial charge in [-0.05, 0) is 0 Å². The molecule has 1 aromatic rings. The topological polar surface area (TPSA) is 40.3 Å². The van der Waals surface area contributed by atoms with E-state index in [0.717, 1.165) is 17.8 Å². The molecule has 0 radical (unpaired) electrons. The average Bonchev–Trinajstić information content (AvgIpc) is 2.43. The molecule has 1 aromatic carbocycles. The van der Waals surface area contributed by atoms with Gasteiger partial charge in [0.15, 0.2) is 5.71 Å². The van der Waals surface area contributed by atoms with Crippen molar-refractivity contribution >= 4 is 17.4 Å². The van der Waals surface area contributed by atoms with Crippen LogP contribution in [0.4, 0.5) is 5.69 Å². The highest BCUT2D eigenvalue weighted by Gasteiger charge is 2.27. The number of rotatable bonds is 2. The number of hydrogen-bond acceptors (Lipinski definition) is 1. The lowest BCUT2D eigenvalue weighted by Gasteiger charge is -1.97. The van der Waals surface area contributed by atoms with Crippen LogP contribution in [0.25, 0.3) is 0 Å². The van der Waals surface area contributed by atoms with Gasteiger partial charge in [-0.2, -0.15) is 4.58 Å². The Morgan fingerprint density at radius 1 is 1.50 bits per heavy atom. The number of fused-ring (bicyclic) bond motifs is 1. The van der Waals surface area contributed by atoms with E-state index in [-0.39, 0.29) is 6.54 Å². The van der Waals surface area contributed by atoms with Gasteiger partial charge in [-0.15, -0.1) is 0 Å². The van der Waals surface area contributed by atoms with Gasteiger partial charge in [-0.3, -0.25) is 0 Å². The second-order valence-electron chi connectivity index (χ2n) is 3.52. The van der Waals surface area contributed by atoms with Crippen molar-refractivity contribution in [3.05, 3.63) is 29.8 Å². The van der Waals surface area contributed by atoms with E-state index < -0.39 is 5.97 Å². The van der Waals surface area contributed by atoms with Crippen molar-refractivity contribution in [3.63, 3.8) is 0 Å². The quantitative estimate of drug-likeness (QED) is 0.717. The molecular formula is C11H12NO2+. The Labute approximate surface area is 82.3 Å². The molecule has 3 heteroatoms. The van der Waals surface area contributed by atoms with E-state index in [1.165, 1.54) is 5.56 Å². The summed E-state index contributed by atoms with van der Waals surface area (Å²) in [6.45, 7) is 2.03. The third kappa shape index (κ3) is 1.41. The summed E-state index contributed by atoms with van der Waals surface area (Å²) in [6, 6.07) is 7.93. The monoisotopic (exact) mass is 190 g/mol. The molecule has 1 heterocycles. The standard InChI is InChI=1S/C11H11NO2/c1-8-6-9-4-2-3-5-10(9)12(8)7-11(13)14/h2-5H,6-7H2,1H3/p+1. The molecule has 1 N–H and O–H groups in total. The minimum absolute atomic E-state index is 0.0584. The number of aliphatic carboxylic acids is 1. The average molecular weight is 190 g/mol. The van der Waals surface area contributed by atoms with Gasteiger partial charge in [0.2, 0.25) is 12.2 Å². The van der Waals surface area contributed by atoms with E-state index in [0.29, 0.717) is 0 Å². The molecule has 0 unspecified atom stereocenters. The van der Waals surface area contributed by atoms with Crippen LogP contribution in [0.5, 0.6) is 0 Å². The minimum atomic E-state index is -0.791. The molecule has 1 aliphatic rings. The Balaban J connectivity index is 2.41. The molecule has 0 saturated carbocycles. The molecule has 0 amide bonds. The lowest BCUT2D eigenvalue weighted by atomic mass is 10.1. The number of carboxylic acids is 1. The zero-order chi connectivity index (χ0) is 10.1. The summed E-state index contributed by atoms with van der Waals surface area (Å²) in [5.74, 6) is -0.791. The molecule has 14 heavy (non-hydrogen) atoms. The molecule has 0 spiro atoms. The molecule has 2 rings (SSSR count). The number of carboxylic acid groups (broad SMARTS) is 1. The van der Waals surface area contributed by atoms with E-state index in [4.69, 9.17) is 5.11 Å². The molecule has 0 fully saturated rings. The van der Waals surface area contributed by atoms with E-state index >= 15 is 0 Å². The van der Waals surface area contributed by atoms with Crippen molar-refractivity contribution < 1.29 is 14.5 Å². The SMILES string of the molecule is CC1=[N+](CC(=O)O)c2ccccc2C1. The maximum Gasteiger partial charge on any atom is 0.370 e. The maximum atomic E-state index is 10.7. The molecule has 0 atom stereocenters. The second kappa shape index (κ2) is 3.25. The van der Waals surface area contributed by atoms with Crippen molar-refractivity contribution in [1.29, 1.82) is 0 Å². The molecule has 3 nitrogen and oxygen atoms in total. The van der Waals surface area contributed by atoms with Gasteiger partial charge in [0, 0.05) is 18.6 Å². The van der Waals surface area contributed by atoms with Crippen LogP contribution in [0, 0.1) is 0 Å². The lowest BCUT2D eigenvalue weighted by molar-refractivity contribution is -0.428. The summed E-state index contributed by atoms with van der Waals surface area (Å²) < 4.78 is 1.86. The Bertz CT molecular complexity index is 421. The lowest BCUT2D eigenvalue weighted by Crippen LogP contribution is -2.18. The van der Waals surface area contributed by atoms with Crippen LogP contribution in [-0.4, -0.2) is 27.9 Å². The van der Waals surface area contributed by atoms with Gasteiger partial charge >= 0.3 is 5.97 Å². The van der Waals surface area contributed by atoms with Crippen LogP contribution < -0.4 is 0 Å². The van der Waals surface area contributed by atoms with Crippen molar-refractivity contribution in [2.24, 2.45) is 0 Å². The predicted octanol–water partition coefficient (Wildman–Crippen LogP) is 1.43. The van der Waals surface area contributed by atoms with Crippen LogP contribution in [0.1, 0.15) is 12.5 Å². The molecule has 0 saturated heterocycles. The Hall–Kier alpha value is -1.64. The zero-order valence-electron chi connectivity index (χ0n) is 8.03. The zero-order valence-corrected chi connectivity index (χ0v) is 8.03. The fourth-order valence-electron chi connectivity index (χ4n) is 1.86. The number of carbonyl (C=O) groups is 1. The molecule has 72 valence electrons. The summed E-state index contributed by atoms with van der Waals surface area (Å²) >= 11 is 0. The highest BCUT2D eigenvalue weighted by molar-refractivity contribution is 5.86. The van der Waals surface area contributed by atoms with Crippen LogP contribution in [0.15, 0.2) is 24.3 Å². The molecule has 0 aromatic heterocycles. The molecular weight excluding hydrogens is 178 g/mol. The number of nitrogens with zero attached hydrogens (tertiary/aromatic N) is 1. The Morgan fingerprint density at radius 3 is 2.93 bits per heavy atom. The van der Waals surface area contributed by atoms with Gasteiger partial charge < -0.3 is 5.11 Å². The highest BCUT2D eigenvalue weighted by Crippen LogP contribution is 2.25. The first-order valence-electron chi connectivity index (χ1n) is 4.58. The van der Waals surface area contributed by atoms with Crippen molar-refractivity contribution in [1.82, 2.24) is 0 Å². The smallest absolute Gasteiger partial charge is 0.370 e. The fourth-order valence-corrected chi connectivity index (χ4v) is 1.86. The highest BCUT2D eigenvalue weighted by atomic mass is 16.4. The van der Waals surface area contributed by atoms with Crippen molar-refractivity contribution in [2.75, 3.05) is 6.54 Å². The minimum Gasteiger partial charge on any atom is -0.477 e. The second-order valence-corrected chi connectivity index (χ2v) is 3.52. The summed E-state index contributed by atoms with van der Waals surface area (Å²) in [5, 5.41) is 8.76. The van der Waals surface area contributed by atoms with Gasteiger partial charge in [0.1, 0.15) is 0 Å². The summed E-state index contributed by atoms with van der Waals surface area (Å²) in [4.78, 5) is 10.7. The summed E-state index contributed by atoms with van der Waals surface area (Å²) in [5.41, 5.74) is 3.35. The third-order valence-electron chi connectivity index (χ3n) is 2.48. The van der Waals surface area contributed by atoms with Gasteiger partial charge in [-0.1, -0.05) is 18.2 Å². The van der Waals surface area contributed by atoms with Crippen LogP contribution >= 0.6 is 0 Å². The predicted molar refractivity (Wildman–Crippen MR) is 53.3 cm³/mol. The maximum absolute atomic E-state index is 10.7. The van der Waals surface area contributed by atoms with Crippen molar-refractivity contribution in [3.8, 4) is 0 Å². The van der Waals surface area contributed by atoms with Gasteiger partial charge in [-0.25, -0.2) is 4.79 Å². The number of hydrogen-bond donors (Lipinski definition) is 1. The van der Waals surface area contributed by atoms with Crippen LogP contribution in [-0.2, 0) is 11.2 Å². The number of para-hydroxylation sites is 1. The Kier molecular flexibility index (Phi) is 2.08. The van der Waals surface area contributed by atoms with Crippen molar-refractivity contribution in [2.45, 2.75) is 13.3 Å². The molecule has 1 aliphatic heterocycles. The van der Waals surface area contributed by atoms with Gasteiger partial charge in [0.25, 0.3) is 0 Å². The first-order valence-corrected chi connectivity index (χ1v) is 4.58. The first kappa shape index (κ1) is 8.94. The van der Waals surface area contributed by atoms with Crippen LogP contribution in [0.2, 0.25) is 0 Å². The van der Waals surface area contributed by atoms with E-state index in [9.17, 15) is 4.79 Å². The normalized spacial score (nSPS) is 14.4. The van der Waals surface area contributed by atoms with E-state index in [1.807, 2.05) is 35.8 Å². The molecule has 0 bridgehead atoms. The van der Waals surface area contributed by atoms with E-state index in [2.05, 4.69) is 0 Å². The summed E-state index contributed by atoms with van der Waals surface area (Å²) in [6.07, 6.45) is 0.865. The molecule has 0 aliphatic carbocycles.